The first kappa shape index (κ1) is 23.9. The molecular weight excluding hydrogens is 449 g/mol. The molecular formula is C22H22ClF3N2O4. The SMILES string of the molecule is COCC(=O)N1CCCCC1C(=O)Nc1ccc(-c2ccccc2OC(F)(F)F)c(Cl)c1. The van der Waals surface area contributed by atoms with Crippen LogP contribution in [0.3, 0.4) is 0 Å². The fourth-order valence-corrected chi connectivity index (χ4v) is 3.93. The van der Waals surface area contributed by atoms with E-state index < -0.39 is 12.4 Å². The smallest absolute Gasteiger partial charge is 0.405 e. The number of para-hydroxylation sites is 1. The summed E-state index contributed by atoms with van der Waals surface area (Å²) in [4.78, 5) is 26.6. The highest BCUT2D eigenvalue weighted by molar-refractivity contribution is 6.33. The molecule has 0 spiro atoms. The van der Waals surface area contributed by atoms with Crippen LogP contribution in [0.15, 0.2) is 42.5 Å². The van der Waals surface area contributed by atoms with Gasteiger partial charge in [-0.2, -0.15) is 0 Å². The highest BCUT2D eigenvalue weighted by Gasteiger charge is 2.33. The molecule has 1 fully saturated rings. The first-order chi connectivity index (χ1) is 15.2. The van der Waals surface area contributed by atoms with Gasteiger partial charge in [0.2, 0.25) is 11.8 Å². The summed E-state index contributed by atoms with van der Waals surface area (Å²) in [6.07, 6.45) is -2.71. The summed E-state index contributed by atoms with van der Waals surface area (Å²) in [6.45, 7) is 0.361. The van der Waals surface area contributed by atoms with Gasteiger partial charge < -0.3 is 19.7 Å². The second-order valence-corrected chi connectivity index (χ2v) is 7.67. The number of nitrogens with zero attached hydrogens (tertiary/aromatic N) is 1. The number of likely N-dealkylation sites (tertiary alicyclic amines) is 1. The van der Waals surface area contributed by atoms with Crippen LogP contribution >= 0.6 is 11.6 Å². The van der Waals surface area contributed by atoms with Crippen molar-refractivity contribution in [2.75, 3.05) is 25.6 Å². The van der Waals surface area contributed by atoms with Crippen molar-refractivity contribution in [2.45, 2.75) is 31.7 Å². The molecule has 1 N–H and O–H groups in total. The van der Waals surface area contributed by atoms with E-state index in [-0.39, 0.29) is 34.8 Å². The minimum Gasteiger partial charge on any atom is -0.405 e. The average molecular weight is 471 g/mol. The third-order valence-electron chi connectivity index (χ3n) is 5.03. The van der Waals surface area contributed by atoms with E-state index in [2.05, 4.69) is 10.1 Å². The number of methoxy groups -OCH3 is 1. The van der Waals surface area contributed by atoms with Gasteiger partial charge in [0.05, 0.1) is 5.02 Å². The first-order valence-corrected chi connectivity index (χ1v) is 10.3. The maximum absolute atomic E-state index is 12.8. The van der Waals surface area contributed by atoms with Crippen LogP contribution in [0.25, 0.3) is 11.1 Å². The minimum absolute atomic E-state index is 0.107. The number of amides is 2. The van der Waals surface area contributed by atoms with Crippen molar-refractivity contribution in [3.05, 3.63) is 47.5 Å². The van der Waals surface area contributed by atoms with Gasteiger partial charge in [-0.25, -0.2) is 0 Å². The van der Waals surface area contributed by atoms with Crippen molar-refractivity contribution in [1.82, 2.24) is 4.90 Å². The Morgan fingerprint density at radius 2 is 1.91 bits per heavy atom. The van der Waals surface area contributed by atoms with Gasteiger partial charge in [0, 0.05) is 30.5 Å². The number of rotatable bonds is 6. The molecule has 3 rings (SSSR count). The standard InChI is InChI=1S/C22H22ClF3N2O4/c1-31-13-20(29)28-11-5-4-7-18(28)21(30)27-14-9-10-15(17(23)12-14)16-6-2-3-8-19(16)32-22(24,25)26/h2-3,6,8-10,12,18H,4-5,7,11,13H2,1H3,(H,27,30). The van der Waals surface area contributed by atoms with Gasteiger partial charge in [0.1, 0.15) is 18.4 Å². The van der Waals surface area contributed by atoms with Crippen LogP contribution in [0.2, 0.25) is 5.02 Å². The monoisotopic (exact) mass is 470 g/mol. The molecule has 1 unspecified atom stereocenters. The number of alkyl halides is 3. The predicted octanol–water partition coefficient (Wildman–Crippen LogP) is 4.87. The fourth-order valence-electron chi connectivity index (χ4n) is 3.65. The Balaban J connectivity index is 1.79. The Morgan fingerprint density at radius 1 is 1.16 bits per heavy atom. The van der Waals surface area contributed by atoms with Crippen molar-refractivity contribution < 1.29 is 32.2 Å². The van der Waals surface area contributed by atoms with Crippen molar-refractivity contribution >= 4 is 29.1 Å². The molecule has 6 nitrogen and oxygen atoms in total. The Labute approximate surface area is 188 Å². The van der Waals surface area contributed by atoms with Gasteiger partial charge in [0.15, 0.2) is 0 Å². The lowest BCUT2D eigenvalue weighted by Crippen LogP contribution is -2.51. The zero-order chi connectivity index (χ0) is 23.3. The number of anilines is 1. The molecule has 0 saturated carbocycles. The summed E-state index contributed by atoms with van der Waals surface area (Å²) in [7, 11) is 1.42. The van der Waals surface area contributed by atoms with Crippen LogP contribution in [-0.2, 0) is 14.3 Å². The third kappa shape index (κ3) is 5.92. The maximum Gasteiger partial charge on any atom is 0.573 e. The highest BCUT2D eigenvalue weighted by atomic mass is 35.5. The van der Waals surface area contributed by atoms with Crippen molar-refractivity contribution in [3.8, 4) is 16.9 Å². The Bertz CT molecular complexity index is 984. The topological polar surface area (TPSA) is 67.9 Å². The van der Waals surface area contributed by atoms with Gasteiger partial charge in [-0.05, 0) is 37.5 Å². The van der Waals surface area contributed by atoms with Crippen molar-refractivity contribution in [2.24, 2.45) is 0 Å². The van der Waals surface area contributed by atoms with Gasteiger partial charge in [-0.15, -0.1) is 13.2 Å². The number of hydrogen-bond donors (Lipinski definition) is 1. The van der Waals surface area contributed by atoms with Crippen LogP contribution in [0.4, 0.5) is 18.9 Å². The molecule has 10 heteroatoms. The molecule has 0 bridgehead atoms. The second-order valence-electron chi connectivity index (χ2n) is 7.26. The van der Waals surface area contributed by atoms with E-state index in [9.17, 15) is 22.8 Å². The summed E-state index contributed by atoms with van der Waals surface area (Å²) in [5.41, 5.74) is 0.845. The van der Waals surface area contributed by atoms with Gasteiger partial charge >= 0.3 is 6.36 Å². The summed E-state index contributed by atoms with van der Waals surface area (Å²) < 4.78 is 47.1. The molecule has 1 heterocycles. The predicted molar refractivity (Wildman–Crippen MR) is 113 cm³/mol. The fraction of sp³-hybridized carbons (Fsp3) is 0.364. The molecule has 1 aliphatic rings. The Morgan fingerprint density at radius 3 is 2.59 bits per heavy atom. The van der Waals surface area contributed by atoms with Gasteiger partial charge in [-0.3, -0.25) is 9.59 Å². The molecule has 32 heavy (non-hydrogen) atoms. The molecule has 1 aliphatic heterocycles. The van der Waals surface area contributed by atoms with Crippen molar-refractivity contribution in [1.29, 1.82) is 0 Å². The Kier molecular flexibility index (Phi) is 7.63. The van der Waals surface area contributed by atoms with E-state index in [4.69, 9.17) is 16.3 Å². The number of ether oxygens (including phenoxy) is 2. The van der Waals surface area contributed by atoms with Crippen LogP contribution in [-0.4, -0.2) is 49.4 Å². The third-order valence-corrected chi connectivity index (χ3v) is 5.35. The molecule has 172 valence electrons. The number of nitrogens with one attached hydrogen (secondary N) is 1. The van der Waals surface area contributed by atoms with E-state index in [0.29, 0.717) is 24.2 Å². The number of benzene rings is 2. The van der Waals surface area contributed by atoms with E-state index in [1.54, 1.807) is 6.07 Å². The number of carbonyl (C=O) groups excluding carboxylic acids is 2. The van der Waals surface area contributed by atoms with Crippen LogP contribution in [0.1, 0.15) is 19.3 Å². The molecule has 0 aromatic heterocycles. The molecule has 1 atom stereocenters. The number of hydrogen-bond acceptors (Lipinski definition) is 4. The lowest BCUT2D eigenvalue weighted by Gasteiger charge is -2.34. The zero-order valence-electron chi connectivity index (χ0n) is 17.2. The summed E-state index contributed by atoms with van der Waals surface area (Å²) in [5.74, 6) is -1.01. The van der Waals surface area contributed by atoms with Crippen LogP contribution < -0.4 is 10.1 Å². The number of carbonyl (C=O) groups is 2. The Hall–Kier alpha value is -2.78. The second kappa shape index (κ2) is 10.2. The average Bonchev–Trinajstić information content (AvgIpc) is 2.73. The molecule has 2 amide bonds. The highest BCUT2D eigenvalue weighted by Crippen LogP contribution is 2.38. The van der Waals surface area contributed by atoms with Crippen LogP contribution in [0, 0.1) is 0 Å². The molecule has 0 radical (unpaired) electrons. The van der Waals surface area contributed by atoms with E-state index in [0.717, 1.165) is 12.8 Å². The summed E-state index contributed by atoms with van der Waals surface area (Å²) in [5, 5.41) is 2.88. The lowest BCUT2D eigenvalue weighted by atomic mass is 10.0. The first-order valence-electron chi connectivity index (χ1n) is 9.93. The normalized spacial score (nSPS) is 16.5. The van der Waals surface area contributed by atoms with Crippen LogP contribution in [0.5, 0.6) is 5.75 Å². The van der Waals surface area contributed by atoms with Gasteiger partial charge in [0.25, 0.3) is 0 Å². The summed E-state index contributed by atoms with van der Waals surface area (Å²) >= 11 is 6.33. The summed E-state index contributed by atoms with van der Waals surface area (Å²) in [6, 6.07) is 9.51. The maximum atomic E-state index is 12.8. The molecule has 2 aromatic carbocycles. The zero-order valence-corrected chi connectivity index (χ0v) is 18.0. The quantitative estimate of drug-likeness (QED) is 0.654. The molecule has 2 aromatic rings. The number of piperidine rings is 1. The number of halogens is 4. The lowest BCUT2D eigenvalue weighted by molar-refractivity contribution is -0.274. The molecule has 0 aliphatic carbocycles. The van der Waals surface area contributed by atoms with E-state index >= 15 is 0 Å². The van der Waals surface area contributed by atoms with Gasteiger partial charge in [-0.1, -0.05) is 35.9 Å². The largest absolute Gasteiger partial charge is 0.573 e. The van der Waals surface area contributed by atoms with Crippen molar-refractivity contribution in [3.63, 3.8) is 0 Å². The minimum atomic E-state index is -4.84. The van der Waals surface area contributed by atoms with E-state index in [1.165, 1.54) is 48.4 Å². The molecule has 1 saturated heterocycles. The van der Waals surface area contributed by atoms with E-state index in [1.807, 2.05) is 0 Å².